The van der Waals surface area contributed by atoms with Gasteiger partial charge < -0.3 is 18.9 Å². The van der Waals surface area contributed by atoms with Crippen molar-refractivity contribution in [2.24, 2.45) is 4.99 Å². The number of rotatable bonds is 5. The molecule has 7 heteroatoms. The van der Waals surface area contributed by atoms with Gasteiger partial charge in [-0.15, -0.1) is 0 Å². The van der Waals surface area contributed by atoms with Gasteiger partial charge in [0, 0.05) is 0 Å². The number of carbonyl (C=O) groups is 1. The summed E-state index contributed by atoms with van der Waals surface area (Å²) in [6, 6.07) is 10.4. The number of esters is 1. The van der Waals surface area contributed by atoms with E-state index >= 15 is 0 Å². The van der Waals surface area contributed by atoms with E-state index < -0.39 is 5.97 Å². The quantitative estimate of drug-likeness (QED) is 0.590. The fraction of sp³-hybridized carbons (Fsp3) is 0.158. The van der Waals surface area contributed by atoms with Gasteiger partial charge in [0.05, 0.1) is 31.9 Å². The summed E-state index contributed by atoms with van der Waals surface area (Å²) >= 11 is 6.13. The van der Waals surface area contributed by atoms with Crippen LogP contribution in [0.4, 0.5) is 0 Å². The van der Waals surface area contributed by atoms with E-state index in [0.717, 1.165) is 0 Å². The van der Waals surface area contributed by atoms with E-state index in [1.807, 2.05) is 0 Å². The molecule has 0 unspecified atom stereocenters. The number of cyclic esters (lactones) is 1. The molecule has 1 aliphatic heterocycles. The number of hydrogen-bond donors (Lipinski definition) is 0. The van der Waals surface area contributed by atoms with Crippen molar-refractivity contribution in [3.05, 3.63) is 58.2 Å². The highest BCUT2D eigenvalue weighted by Gasteiger charge is 2.25. The summed E-state index contributed by atoms with van der Waals surface area (Å²) in [5, 5.41) is 0.452. The smallest absolute Gasteiger partial charge is 0.363 e. The number of benzene rings is 2. The van der Waals surface area contributed by atoms with Crippen LogP contribution in [-0.4, -0.2) is 33.2 Å². The van der Waals surface area contributed by atoms with Gasteiger partial charge in [-0.25, -0.2) is 9.79 Å². The van der Waals surface area contributed by atoms with Crippen LogP contribution >= 0.6 is 11.6 Å². The Bertz CT molecular complexity index is 895. The third-order valence-corrected chi connectivity index (χ3v) is 4.04. The van der Waals surface area contributed by atoms with E-state index in [9.17, 15) is 4.79 Å². The standard InChI is InChI=1S/C19H16ClNO5/c1-23-15-9-11(10-16(24-2)17(15)25-3)8-14-19(22)26-18(21-14)12-6-4-5-7-13(12)20/h4-10H,1-3H3/b14-8-. The lowest BCUT2D eigenvalue weighted by Gasteiger charge is -2.12. The van der Waals surface area contributed by atoms with Crippen molar-refractivity contribution in [2.45, 2.75) is 0 Å². The third-order valence-electron chi connectivity index (χ3n) is 3.72. The third kappa shape index (κ3) is 3.36. The fourth-order valence-electron chi connectivity index (χ4n) is 2.50. The van der Waals surface area contributed by atoms with Gasteiger partial charge in [0.15, 0.2) is 17.2 Å². The predicted octanol–water partition coefficient (Wildman–Crippen LogP) is 3.71. The Morgan fingerprint density at radius 1 is 1.04 bits per heavy atom. The molecule has 1 heterocycles. The van der Waals surface area contributed by atoms with Gasteiger partial charge in [-0.1, -0.05) is 23.7 Å². The summed E-state index contributed by atoms with van der Waals surface area (Å²) in [5.41, 5.74) is 1.35. The molecule has 134 valence electrons. The maximum atomic E-state index is 12.2. The highest BCUT2D eigenvalue weighted by Crippen LogP contribution is 2.39. The van der Waals surface area contributed by atoms with Gasteiger partial charge in [0.2, 0.25) is 11.6 Å². The molecule has 0 aliphatic carbocycles. The number of hydrogen-bond acceptors (Lipinski definition) is 6. The molecule has 0 N–H and O–H groups in total. The molecule has 0 spiro atoms. The first kappa shape index (κ1) is 17.8. The molecule has 0 fully saturated rings. The number of halogens is 1. The molecule has 0 radical (unpaired) electrons. The van der Waals surface area contributed by atoms with Crippen molar-refractivity contribution in [1.82, 2.24) is 0 Å². The van der Waals surface area contributed by atoms with Crippen LogP contribution in [0.15, 0.2) is 47.1 Å². The lowest BCUT2D eigenvalue weighted by Crippen LogP contribution is -2.05. The molecule has 3 rings (SSSR count). The molecular weight excluding hydrogens is 358 g/mol. The normalized spacial score (nSPS) is 14.8. The van der Waals surface area contributed by atoms with Crippen molar-refractivity contribution < 1.29 is 23.7 Å². The van der Waals surface area contributed by atoms with Crippen LogP contribution in [0.5, 0.6) is 17.2 Å². The van der Waals surface area contributed by atoms with Gasteiger partial charge in [0.25, 0.3) is 0 Å². The van der Waals surface area contributed by atoms with Crippen LogP contribution in [0.25, 0.3) is 6.08 Å². The average Bonchev–Trinajstić information content (AvgIpc) is 3.01. The Hall–Kier alpha value is -2.99. The van der Waals surface area contributed by atoms with Crippen molar-refractivity contribution in [2.75, 3.05) is 21.3 Å². The SMILES string of the molecule is COc1cc(/C=C2\N=C(c3ccccc3Cl)OC2=O)cc(OC)c1OC. The van der Waals surface area contributed by atoms with Crippen LogP contribution in [0, 0.1) is 0 Å². The van der Waals surface area contributed by atoms with Gasteiger partial charge in [-0.3, -0.25) is 0 Å². The monoisotopic (exact) mass is 373 g/mol. The summed E-state index contributed by atoms with van der Waals surface area (Å²) < 4.78 is 21.2. The zero-order valence-corrected chi connectivity index (χ0v) is 15.2. The van der Waals surface area contributed by atoms with E-state index in [4.69, 9.17) is 30.5 Å². The minimum Gasteiger partial charge on any atom is -0.493 e. The molecule has 26 heavy (non-hydrogen) atoms. The topological polar surface area (TPSA) is 66.4 Å². The second-order valence-corrected chi connectivity index (χ2v) is 5.68. The molecule has 0 saturated carbocycles. The van der Waals surface area contributed by atoms with Crippen LogP contribution in [0.3, 0.4) is 0 Å². The second-order valence-electron chi connectivity index (χ2n) is 5.27. The van der Waals surface area contributed by atoms with E-state index in [0.29, 0.717) is 33.4 Å². The molecule has 6 nitrogen and oxygen atoms in total. The van der Waals surface area contributed by atoms with Crippen LogP contribution < -0.4 is 14.2 Å². The first-order valence-corrected chi connectivity index (χ1v) is 8.02. The molecule has 2 aromatic carbocycles. The van der Waals surface area contributed by atoms with Crippen molar-refractivity contribution in [3.8, 4) is 17.2 Å². The maximum Gasteiger partial charge on any atom is 0.363 e. The number of ether oxygens (including phenoxy) is 4. The van der Waals surface area contributed by atoms with Gasteiger partial charge in [-0.05, 0) is 35.9 Å². The summed E-state index contributed by atoms with van der Waals surface area (Å²) in [7, 11) is 4.56. The summed E-state index contributed by atoms with van der Waals surface area (Å²) in [5.74, 6) is 1.01. The molecule has 0 aromatic heterocycles. The molecular formula is C19H16ClNO5. The summed E-state index contributed by atoms with van der Waals surface area (Å²) in [4.78, 5) is 16.4. The van der Waals surface area contributed by atoms with E-state index in [2.05, 4.69) is 4.99 Å². The molecule has 1 aliphatic rings. The lowest BCUT2D eigenvalue weighted by atomic mass is 10.1. The molecule has 0 amide bonds. The van der Waals surface area contributed by atoms with Gasteiger partial charge in [-0.2, -0.15) is 0 Å². The van der Waals surface area contributed by atoms with Crippen molar-refractivity contribution in [3.63, 3.8) is 0 Å². The van der Waals surface area contributed by atoms with Gasteiger partial charge in [0.1, 0.15) is 0 Å². The second kappa shape index (κ2) is 7.49. The number of aliphatic imine (C=N–C) groups is 1. The van der Waals surface area contributed by atoms with E-state index in [1.54, 1.807) is 42.5 Å². The molecule has 0 saturated heterocycles. The summed E-state index contributed by atoms with van der Waals surface area (Å²) in [6.07, 6.45) is 1.58. The number of carbonyl (C=O) groups excluding carboxylic acids is 1. The number of nitrogens with zero attached hydrogens (tertiary/aromatic N) is 1. The van der Waals surface area contributed by atoms with Crippen LogP contribution in [0.1, 0.15) is 11.1 Å². The first-order chi connectivity index (χ1) is 12.6. The minimum atomic E-state index is -0.561. The lowest BCUT2D eigenvalue weighted by molar-refractivity contribution is -0.129. The van der Waals surface area contributed by atoms with E-state index in [-0.39, 0.29) is 11.6 Å². The predicted molar refractivity (Wildman–Crippen MR) is 98.2 cm³/mol. The fourth-order valence-corrected chi connectivity index (χ4v) is 2.72. The van der Waals surface area contributed by atoms with E-state index in [1.165, 1.54) is 21.3 Å². The molecule has 0 bridgehead atoms. The van der Waals surface area contributed by atoms with Crippen LogP contribution in [0.2, 0.25) is 5.02 Å². The Morgan fingerprint density at radius 3 is 2.27 bits per heavy atom. The molecule has 0 atom stereocenters. The largest absolute Gasteiger partial charge is 0.493 e. The Balaban J connectivity index is 2.02. The zero-order valence-electron chi connectivity index (χ0n) is 14.4. The van der Waals surface area contributed by atoms with Crippen LogP contribution in [-0.2, 0) is 9.53 Å². The van der Waals surface area contributed by atoms with Crippen molar-refractivity contribution in [1.29, 1.82) is 0 Å². The minimum absolute atomic E-state index is 0.147. The Morgan fingerprint density at radius 2 is 1.69 bits per heavy atom. The Kier molecular flexibility index (Phi) is 5.14. The van der Waals surface area contributed by atoms with Gasteiger partial charge >= 0.3 is 5.97 Å². The highest BCUT2D eigenvalue weighted by molar-refractivity contribution is 6.34. The molecule has 2 aromatic rings. The Labute approximate surface area is 155 Å². The van der Waals surface area contributed by atoms with Crippen molar-refractivity contribution >= 4 is 29.5 Å². The maximum absolute atomic E-state index is 12.2. The zero-order chi connectivity index (χ0) is 18.7. The first-order valence-electron chi connectivity index (χ1n) is 7.65. The number of methoxy groups -OCH3 is 3. The average molecular weight is 374 g/mol. The highest BCUT2D eigenvalue weighted by atomic mass is 35.5. The summed E-state index contributed by atoms with van der Waals surface area (Å²) in [6.45, 7) is 0.